The van der Waals surface area contributed by atoms with E-state index in [0.29, 0.717) is 5.54 Å². The van der Waals surface area contributed by atoms with Crippen LogP contribution in [0, 0.1) is 0 Å². The molecule has 2 rings (SSSR count). The van der Waals surface area contributed by atoms with E-state index in [1.165, 1.54) is 32.1 Å². The molecule has 20 heavy (non-hydrogen) atoms. The van der Waals surface area contributed by atoms with Crippen LogP contribution < -0.4 is 5.32 Å². The van der Waals surface area contributed by atoms with E-state index in [0.717, 1.165) is 19.5 Å². The Kier molecular flexibility index (Phi) is 4.62. The van der Waals surface area contributed by atoms with Crippen molar-refractivity contribution in [3.05, 3.63) is 0 Å². The van der Waals surface area contributed by atoms with Crippen LogP contribution >= 0.6 is 0 Å². The Morgan fingerprint density at radius 2 is 1.95 bits per heavy atom. The quantitative estimate of drug-likeness (QED) is 0.845. The molecule has 0 aromatic rings. The summed E-state index contributed by atoms with van der Waals surface area (Å²) in [5, 5.41) is 3.71. The second kappa shape index (κ2) is 5.92. The molecule has 2 aliphatic rings. The van der Waals surface area contributed by atoms with Crippen molar-refractivity contribution < 1.29 is 9.53 Å². The molecule has 2 fully saturated rings. The molecule has 1 N–H and O–H groups in total. The monoisotopic (exact) mass is 282 g/mol. The van der Waals surface area contributed by atoms with Crippen LogP contribution in [0.5, 0.6) is 0 Å². The zero-order valence-corrected chi connectivity index (χ0v) is 13.5. The van der Waals surface area contributed by atoms with E-state index >= 15 is 0 Å². The maximum absolute atomic E-state index is 12.3. The molecule has 1 heterocycles. The van der Waals surface area contributed by atoms with Gasteiger partial charge in [-0.05, 0) is 47.0 Å². The lowest BCUT2D eigenvalue weighted by Crippen LogP contribution is -2.44. The van der Waals surface area contributed by atoms with E-state index in [1.807, 2.05) is 32.6 Å². The summed E-state index contributed by atoms with van der Waals surface area (Å²) in [5.41, 5.74) is -0.128. The average molecular weight is 282 g/mol. The number of nitrogens with zero attached hydrogens (tertiary/aromatic N) is 1. The molecule has 0 bridgehead atoms. The molecule has 1 aliphatic heterocycles. The highest BCUT2D eigenvalue weighted by Gasteiger charge is 2.42. The Labute approximate surface area is 123 Å². The summed E-state index contributed by atoms with van der Waals surface area (Å²) >= 11 is 0. The molecule has 1 saturated carbocycles. The molecule has 116 valence electrons. The number of carbonyl (C=O) groups is 1. The molecule has 1 unspecified atom stereocenters. The number of ether oxygens (including phenoxy) is 1. The molecular weight excluding hydrogens is 252 g/mol. The lowest BCUT2D eigenvalue weighted by Gasteiger charge is -2.35. The van der Waals surface area contributed by atoms with Gasteiger partial charge in [-0.1, -0.05) is 19.3 Å². The molecule has 0 radical (unpaired) electrons. The summed E-state index contributed by atoms with van der Waals surface area (Å²) in [6.07, 6.45) is 7.43. The molecule has 1 amide bonds. The van der Waals surface area contributed by atoms with Crippen LogP contribution in [-0.2, 0) is 4.74 Å². The fraction of sp³-hybridized carbons (Fsp3) is 0.938. The van der Waals surface area contributed by atoms with Crippen molar-refractivity contribution >= 4 is 6.09 Å². The zero-order chi connectivity index (χ0) is 14.8. The van der Waals surface area contributed by atoms with Gasteiger partial charge >= 0.3 is 6.09 Å². The third kappa shape index (κ3) is 3.66. The van der Waals surface area contributed by atoms with Crippen LogP contribution in [0.1, 0.15) is 66.2 Å². The fourth-order valence-electron chi connectivity index (χ4n) is 3.62. The lowest BCUT2D eigenvalue weighted by molar-refractivity contribution is 0.0181. The number of likely N-dealkylation sites (N-methyl/N-ethyl adjacent to an activating group) is 1. The first kappa shape index (κ1) is 15.6. The van der Waals surface area contributed by atoms with Gasteiger partial charge in [-0.2, -0.15) is 0 Å². The van der Waals surface area contributed by atoms with Crippen LogP contribution in [0.4, 0.5) is 4.79 Å². The lowest BCUT2D eigenvalue weighted by atomic mass is 9.80. The van der Waals surface area contributed by atoms with Gasteiger partial charge in [0.15, 0.2) is 0 Å². The summed E-state index contributed by atoms with van der Waals surface area (Å²) in [7, 11) is 0. The van der Waals surface area contributed by atoms with Crippen molar-refractivity contribution in [1.29, 1.82) is 0 Å². The van der Waals surface area contributed by atoms with Gasteiger partial charge < -0.3 is 15.0 Å². The fourth-order valence-corrected chi connectivity index (χ4v) is 3.62. The number of rotatable bonds is 2. The van der Waals surface area contributed by atoms with Gasteiger partial charge in [0.2, 0.25) is 0 Å². The second-order valence-corrected chi connectivity index (χ2v) is 7.35. The summed E-state index contributed by atoms with van der Waals surface area (Å²) in [6, 6.07) is 0.285. The predicted molar refractivity (Wildman–Crippen MR) is 80.8 cm³/mol. The van der Waals surface area contributed by atoms with E-state index < -0.39 is 5.60 Å². The van der Waals surface area contributed by atoms with Gasteiger partial charge in [0.05, 0.1) is 0 Å². The van der Waals surface area contributed by atoms with Gasteiger partial charge in [0.25, 0.3) is 0 Å². The molecular formula is C16H30N2O2. The maximum Gasteiger partial charge on any atom is 0.410 e. The van der Waals surface area contributed by atoms with Gasteiger partial charge in [-0.15, -0.1) is 0 Å². The minimum absolute atomic E-state index is 0.167. The first-order chi connectivity index (χ1) is 9.35. The van der Waals surface area contributed by atoms with Crippen LogP contribution in [0.2, 0.25) is 0 Å². The zero-order valence-electron chi connectivity index (χ0n) is 13.5. The summed E-state index contributed by atoms with van der Waals surface area (Å²) in [5.74, 6) is 0. The van der Waals surface area contributed by atoms with Crippen molar-refractivity contribution in [2.75, 3.05) is 13.1 Å². The average Bonchev–Trinajstić information content (AvgIpc) is 2.72. The topological polar surface area (TPSA) is 41.6 Å². The molecule has 4 heteroatoms. The minimum Gasteiger partial charge on any atom is -0.444 e. The number of nitrogens with one attached hydrogen (secondary N) is 1. The van der Waals surface area contributed by atoms with E-state index in [-0.39, 0.29) is 12.1 Å². The first-order valence-corrected chi connectivity index (χ1v) is 8.10. The van der Waals surface area contributed by atoms with Gasteiger partial charge in [-0.3, -0.25) is 0 Å². The predicted octanol–water partition coefficient (Wildman–Crippen LogP) is 3.31. The number of hydrogen-bond donors (Lipinski definition) is 1. The molecule has 1 aliphatic carbocycles. The molecule has 0 aromatic heterocycles. The highest BCUT2D eigenvalue weighted by Crippen LogP contribution is 2.36. The van der Waals surface area contributed by atoms with E-state index in [4.69, 9.17) is 4.74 Å². The number of hydrogen-bond acceptors (Lipinski definition) is 3. The summed E-state index contributed by atoms with van der Waals surface area (Å²) in [4.78, 5) is 14.2. The van der Waals surface area contributed by atoms with Crippen LogP contribution in [0.15, 0.2) is 0 Å². The Morgan fingerprint density at radius 3 is 2.50 bits per heavy atom. The van der Waals surface area contributed by atoms with Crippen LogP contribution in [0.3, 0.4) is 0 Å². The summed E-state index contributed by atoms with van der Waals surface area (Å²) in [6.45, 7) is 9.44. The highest BCUT2D eigenvalue weighted by molar-refractivity contribution is 5.68. The van der Waals surface area contributed by atoms with Gasteiger partial charge in [-0.25, -0.2) is 4.79 Å². The minimum atomic E-state index is -0.418. The number of carbonyl (C=O) groups excluding carboxylic acids is 1. The van der Waals surface area contributed by atoms with Crippen molar-refractivity contribution in [2.45, 2.75) is 83.4 Å². The third-order valence-electron chi connectivity index (χ3n) is 4.56. The Balaban J connectivity index is 1.97. The smallest absolute Gasteiger partial charge is 0.410 e. The van der Waals surface area contributed by atoms with Crippen molar-refractivity contribution in [3.8, 4) is 0 Å². The van der Waals surface area contributed by atoms with Crippen molar-refractivity contribution in [1.82, 2.24) is 10.2 Å². The number of amides is 1. The molecule has 4 nitrogen and oxygen atoms in total. The van der Waals surface area contributed by atoms with E-state index in [1.54, 1.807) is 0 Å². The van der Waals surface area contributed by atoms with Crippen molar-refractivity contribution in [3.63, 3.8) is 0 Å². The van der Waals surface area contributed by atoms with Crippen LogP contribution in [-0.4, -0.2) is 41.3 Å². The van der Waals surface area contributed by atoms with Crippen LogP contribution in [0.25, 0.3) is 0 Å². The molecule has 1 spiro atoms. The summed E-state index contributed by atoms with van der Waals surface area (Å²) < 4.78 is 5.54. The highest BCUT2D eigenvalue weighted by atomic mass is 16.6. The molecule has 1 saturated heterocycles. The van der Waals surface area contributed by atoms with E-state index in [9.17, 15) is 4.79 Å². The largest absolute Gasteiger partial charge is 0.444 e. The standard InChI is InChI=1S/C16H30N2O2/c1-5-18(14(19)20-15(2,3)4)13-11-16(17-12-13)9-7-6-8-10-16/h13,17H,5-12H2,1-4H3. The van der Waals surface area contributed by atoms with Gasteiger partial charge in [0, 0.05) is 24.7 Å². The third-order valence-corrected chi connectivity index (χ3v) is 4.56. The normalized spacial score (nSPS) is 25.7. The second-order valence-electron chi connectivity index (χ2n) is 7.35. The molecule has 0 aromatic carbocycles. The van der Waals surface area contributed by atoms with Crippen molar-refractivity contribution in [2.24, 2.45) is 0 Å². The Bertz CT molecular complexity index is 343. The van der Waals surface area contributed by atoms with E-state index in [2.05, 4.69) is 5.32 Å². The Hall–Kier alpha value is -0.770. The first-order valence-electron chi connectivity index (χ1n) is 8.10. The molecule has 1 atom stereocenters. The Morgan fingerprint density at radius 1 is 1.30 bits per heavy atom. The van der Waals surface area contributed by atoms with Gasteiger partial charge in [0.1, 0.15) is 5.60 Å². The SMILES string of the molecule is CCN(C(=O)OC(C)(C)C)C1CNC2(CCCCC2)C1. The maximum atomic E-state index is 12.3.